The second-order valence-corrected chi connectivity index (χ2v) is 14.2. The van der Waals surface area contributed by atoms with Gasteiger partial charge in [-0.25, -0.2) is 14.6 Å². The summed E-state index contributed by atoms with van der Waals surface area (Å²) in [6.45, 7) is 13.6. The number of aromatic nitrogens is 7. The Morgan fingerprint density at radius 1 is 0.978 bits per heavy atom. The van der Waals surface area contributed by atoms with Crippen molar-refractivity contribution in [1.82, 2.24) is 44.3 Å². The molecule has 3 heterocycles. The maximum Gasteiger partial charge on any atom is 0.410 e. The molecule has 15 heteroatoms. The monoisotopic (exact) mass is 660 g/mol. The number of fused-ring (bicyclic) bond motifs is 1. The fourth-order valence-corrected chi connectivity index (χ4v) is 5.58. The molecule has 254 valence electrons. The molecule has 0 aliphatic heterocycles. The van der Waals surface area contributed by atoms with E-state index in [2.05, 4.69) is 30.6 Å². The van der Waals surface area contributed by atoms with Crippen LogP contribution in [-0.2, 0) is 29.6 Å². The number of hydrogen-bond acceptors (Lipinski definition) is 10. The van der Waals surface area contributed by atoms with Crippen molar-refractivity contribution in [2.24, 2.45) is 7.05 Å². The first-order valence-electron chi connectivity index (χ1n) is 16.1. The third kappa shape index (κ3) is 10.4. The Balaban J connectivity index is 1.33. The quantitative estimate of drug-likeness (QED) is 0.236. The van der Waals surface area contributed by atoms with Crippen LogP contribution in [0.1, 0.15) is 92.2 Å². The standard InChI is InChI=1S/C31H49ClN10O4/c1-30(2,3)45-28(43)40(16-12-18-42(23-13-9-8-10-14-23)29(44)46-31(4,5)6)15-11-17-41-20-22(37-38-41)19-33-25-24-26(36-27(32)35-25)39(7)21-34-24/h20-21,23H,8-19H2,1-7H3,(H,33,35,36). The number of hydrogen-bond donors (Lipinski definition) is 1. The van der Waals surface area contributed by atoms with E-state index in [1.54, 1.807) is 20.5 Å². The molecule has 4 rings (SSSR count). The summed E-state index contributed by atoms with van der Waals surface area (Å²) < 4.78 is 15.0. The van der Waals surface area contributed by atoms with Gasteiger partial charge in [0, 0.05) is 39.3 Å². The molecule has 0 saturated heterocycles. The second kappa shape index (κ2) is 15.3. The average molecular weight is 661 g/mol. The Bertz CT molecular complexity index is 1460. The molecule has 1 fully saturated rings. The minimum absolute atomic E-state index is 0.128. The van der Waals surface area contributed by atoms with Gasteiger partial charge < -0.3 is 29.2 Å². The Morgan fingerprint density at radius 2 is 1.65 bits per heavy atom. The van der Waals surface area contributed by atoms with E-state index in [4.69, 9.17) is 21.1 Å². The molecule has 0 radical (unpaired) electrons. The molecule has 1 N–H and O–H groups in total. The van der Waals surface area contributed by atoms with E-state index < -0.39 is 11.2 Å². The summed E-state index contributed by atoms with van der Waals surface area (Å²) in [6.07, 6.45) is 9.48. The molecule has 46 heavy (non-hydrogen) atoms. The molecule has 0 unspecified atom stereocenters. The summed E-state index contributed by atoms with van der Waals surface area (Å²) in [4.78, 5) is 42.8. The summed E-state index contributed by atoms with van der Waals surface area (Å²) in [5.74, 6) is 0.520. The van der Waals surface area contributed by atoms with Crippen LogP contribution in [0, 0.1) is 0 Å². The van der Waals surface area contributed by atoms with Crippen molar-refractivity contribution in [1.29, 1.82) is 0 Å². The Hall–Kier alpha value is -3.68. The van der Waals surface area contributed by atoms with Crippen molar-refractivity contribution >= 4 is 40.8 Å². The van der Waals surface area contributed by atoms with Crippen molar-refractivity contribution in [2.75, 3.05) is 25.0 Å². The van der Waals surface area contributed by atoms with E-state index in [1.807, 2.05) is 59.7 Å². The van der Waals surface area contributed by atoms with Crippen LogP contribution in [0.15, 0.2) is 12.5 Å². The Morgan fingerprint density at radius 3 is 2.35 bits per heavy atom. The number of nitrogens with one attached hydrogen (secondary N) is 1. The lowest BCUT2D eigenvalue weighted by Crippen LogP contribution is -2.46. The molecule has 1 aliphatic rings. The molecule has 2 amide bonds. The van der Waals surface area contributed by atoms with Gasteiger partial charge in [-0.2, -0.15) is 9.97 Å². The second-order valence-electron chi connectivity index (χ2n) is 13.8. The van der Waals surface area contributed by atoms with Gasteiger partial charge in [0.2, 0.25) is 5.28 Å². The van der Waals surface area contributed by atoms with Crippen LogP contribution in [0.2, 0.25) is 5.28 Å². The number of rotatable bonds is 12. The third-order valence-electron chi connectivity index (χ3n) is 7.49. The molecule has 1 aliphatic carbocycles. The van der Waals surface area contributed by atoms with Gasteiger partial charge in [-0.05, 0) is 78.8 Å². The van der Waals surface area contributed by atoms with Gasteiger partial charge in [0.1, 0.15) is 16.9 Å². The molecule has 0 spiro atoms. The summed E-state index contributed by atoms with van der Waals surface area (Å²) in [5, 5.41) is 11.9. The maximum atomic E-state index is 13.2. The highest BCUT2D eigenvalue weighted by molar-refractivity contribution is 6.28. The topological polar surface area (TPSA) is 145 Å². The third-order valence-corrected chi connectivity index (χ3v) is 7.66. The lowest BCUT2D eigenvalue weighted by molar-refractivity contribution is 0.00994. The number of anilines is 1. The highest BCUT2D eigenvalue weighted by atomic mass is 35.5. The normalized spacial score (nSPS) is 14.3. The van der Waals surface area contributed by atoms with E-state index >= 15 is 0 Å². The number of amides is 2. The fourth-order valence-electron chi connectivity index (χ4n) is 5.42. The minimum Gasteiger partial charge on any atom is -0.444 e. The maximum absolute atomic E-state index is 13.2. The molecular formula is C31H49ClN10O4. The van der Waals surface area contributed by atoms with Crippen LogP contribution >= 0.6 is 11.6 Å². The first-order valence-corrected chi connectivity index (χ1v) is 16.5. The zero-order chi connectivity index (χ0) is 33.5. The number of nitrogens with zero attached hydrogens (tertiary/aromatic N) is 9. The van der Waals surface area contributed by atoms with Crippen LogP contribution in [0.3, 0.4) is 0 Å². The van der Waals surface area contributed by atoms with Crippen molar-refractivity contribution in [3.63, 3.8) is 0 Å². The number of imidazole rings is 1. The van der Waals surface area contributed by atoms with Gasteiger partial charge >= 0.3 is 12.2 Å². The number of aryl methyl sites for hydroxylation is 2. The minimum atomic E-state index is -0.622. The van der Waals surface area contributed by atoms with E-state index in [1.165, 1.54) is 6.42 Å². The number of ether oxygens (including phenoxy) is 2. The van der Waals surface area contributed by atoms with Gasteiger partial charge in [0.05, 0.1) is 19.1 Å². The highest BCUT2D eigenvalue weighted by Gasteiger charge is 2.30. The van der Waals surface area contributed by atoms with Crippen LogP contribution in [0.25, 0.3) is 11.2 Å². The number of carbonyl (C=O) groups excluding carboxylic acids is 2. The van der Waals surface area contributed by atoms with Gasteiger partial charge in [-0.1, -0.05) is 24.5 Å². The van der Waals surface area contributed by atoms with E-state index in [0.29, 0.717) is 68.2 Å². The Kier molecular flexibility index (Phi) is 11.7. The highest BCUT2D eigenvalue weighted by Crippen LogP contribution is 2.25. The number of halogens is 1. The lowest BCUT2D eigenvalue weighted by atomic mass is 9.94. The van der Waals surface area contributed by atoms with Crippen LogP contribution in [0.4, 0.5) is 15.4 Å². The zero-order valence-corrected chi connectivity index (χ0v) is 29.0. The van der Waals surface area contributed by atoms with Crippen molar-refractivity contribution in [3.05, 3.63) is 23.5 Å². The van der Waals surface area contributed by atoms with Gasteiger partial charge in [-0.3, -0.25) is 4.68 Å². The van der Waals surface area contributed by atoms with Crippen molar-refractivity contribution in [3.8, 4) is 0 Å². The molecule has 0 aromatic carbocycles. The first-order chi connectivity index (χ1) is 21.7. The van der Waals surface area contributed by atoms with Crippen LogP contribution in [0.5, 0.6) is 0 Å². The zero-order valence-electron chi connectivity index (χ0n) is 28.3. The largest absolute Gasteiger partial charge is 0.444 e. The van der Waals surface area contributed by atoms with Crippen LogP contribution in [-0.4, -0.2) is 93.4 Å². The SMILES string of the molecule is Cn1cnc2c(NCc3cn(CCCN(CCCN(C(=O)OC(C)(C)C)C4CCCCC4)C(=O)OC(C)(C)C)nn3)nc(Cl)nc21. The molecule has 3 aromatic rings. The first kappa shape index (κ1) is 35.2. The number of carbonyl (C=O) groups is 2. The summed E-state index contributed by atoms with van der Waals surface area (Å²) >= 11 is 6.10. The predicted molar refractivity (Wildman–Crippen MR) is 176 cm³/mol. The summed E-state index contributed by atoms with van der Waals surface area (Å²) in [7, 11) is 1.84. The van der Waals surface area contributed by atoms with Gasteiger partial charge in [0.25, 0.3) is 0 Å². The van der Waals surface area contributed by atoms with Crippen LogP contribution < -0.4 is 5.32 Å². The molecule has 14 nitrogen and oxygen atoms in total. The van der Waals surface area contributed by atoms with E-state index in [-0.39, 0.29) is 23.5 Å². The van der Waals surface area contributed by atoms with E-state index in [0.717, 1.165) is 25.7 Å². The molecule has 1 saturated carbocycles. The predicted octanol–water partition coefficient (Wildman–Crippen LogP) is 5.81. The van der Waals surface area contributed by atoms with Crippen molar-refractivity contribution in [2.45, 2.75) is 117 Å². The smallest absolute Gasteiger partial charge is 0.410 e. The molecule has 3 aromatic heterocycles. The summed E-state index contributed by atoms with van der Waals surface area (Å²) in [5.41, 5.74) is 0.774. The lowest BCUT2D eigenvalue weighted by Gasteiger charge is -2.36. The molecule has 0 atom stereocenters. The van der Waals surface area contributed by atoms with Crippen molar-refractivity contribution < 1.29 is 19.1 Å². The fraction of sp³-hybridized carbons (Fsp3) is 0.710. The summed E-state index contributed by atoms with van der Waals surface area (Å²) in [6, 6.07) is 0.163. The van der Waals surface area contributed by atoms with Gasteiger partial charge in [0.15, 0.2) is 17.0 Å². The molecule has 0 bridgehead atoms. The van der Waals surface area contributed by atoms with E-state index in [9.17, 15) is 9.59 Å². The van der Waals surface area contributed by atoms with Gasteiger partial charge in [-0.15, -0.1) is 5.10 Å². The molecular weight excluding hydrogens is 612 g/mol. The average Bonchev–Trinajstić information content (AvgIpc) is 3.57. The Labute approximate surface area is 276 Å².